The fraction of sp³-hybridized carbons (Fsp3) is 0.100. The summed E-state index contributed by atoms with van der Waals surface area (Å²) in [6, 6.07) is 1.64. The second kappa shape index (κ2) is 5.28. The van der Waals surface area contributed by atoms with E-state index in [9.17, 15) is 8.42 Å². The number of sulfonamides is 1. The SMILES string of the molecule is Cc1ccnc(Cl)c1NS(=O)(=O)c1cnc(Cl)nc1. The standard InChI is InChI=1S/C10H8Cl2N4O2S/c1-6-2-3-13-9(11)8(6)16-19(17,18)7-4-14-10(12)15-5-7/h2-5,16H,1H3. The lowest BCUT2D eigenvalue weighted by Gasteiger charge is -2.10. The molecule has 19 heavy (non-hydrogen) atoms. The van der Waals surface area contributed by atoms with Crippen LogP contribution in [0, 0.1) is 6.92 Å². The predicted molar refractivity (Wildman–Crippen MR) is 71.8 cm³/mol. The van der Waals surface area contributed by atoms with Crippen LogP contribution in [0.1, 0.15) is 5.56 Å². The van der Waals surface area contributed by atoms with E-state index in [0.29, 0.717) is 5.56 Å². The minimum absolute atomic E-state index is 0.0328. The summed E-state index contributed by atoms with van der Waals surface area (Å²) < 4.78 is 26.5. The van der Waals surface area contributed by atoms with Crippen molar-refractivity contribution in [2.24, 2.45) is 0 Å². The first-order chi connectivity index (χ1) is 8.90. The van der Waals surface area contributed by atoms with Gasteiger partial charge in [-0.25, -0.2) is 23.4 Å². The van der Waals surface area contributed by atoms with Gasteiger partial charge in [-0.05, 0) is 30.2 Å². The fourth-order valence-electron chi connectivity index (χ4n) is 1.28. The van der Waals surface area contributed by atoms with Gasteiger partial charge in [-0.3, -0.25) is 4.72 Å². The van der Waals surface area contributed by atoms with Crippen molar-refractivity contribution in [2.75, 3.05) is 4.72 Å². The van der Waals surface area contributed by atoms with Crippen molar-refractivity contribution in [1.82, 2.24) is 15.0 Å². The maximum Gasteiger partial charge on any atom is 0.265 e. The van der Waals surface area contributed by atoms with Crippen molar-refractivity contribution in [1.29, 1.82) is 0 Å². The third-order valence-electron chi connectivity index (χ3n) is 2.26. The Bertz CT molecular complexity index is 684. The first-order valence-electron chi connectivity index (χ1n) is 5.01. The molecule has 1 N–H and O–H groups in total. The minimum atomic E-state index is -3.83. The lowest BCUT2D eigenvalue weighted by atomic mass is 10.3. The van der Waals surface area contributed by atoms with Gasteiger partial charge in [0.05, 0.1) is 18.1 Å². The molecule has 0 bridgehead atoms. The largest absolute Gasteiger partial charge is 0.276 e. The van der Waals surface area contributed by atoms with Crippen LogP contribution in [0.25, 0.3) is 0 Å². The quantitative estimate of drug-likeness (QED) is 0.693. The monoisotopic (exact) mass is 318 g/mol. The van der Waals surface area contributed by atoms with Crippen LogP contribution in [0.2, 0.25) is 10.4 Å². The van der Waals surface area contributed by atoms with Gasteiger partial charge in [0.25, 0.3) is 10.0 Å². The number of halogens is 2. The molecule has 2 heterocycles. The Morgan fingerprint density at radius 3 is 2.37 bits per heavy atom. The van der Waals surface area contributed by atoms with Crippen LogP contribution >= 0.6 is 23.2 Å². The summed E-state index contributed by atoms with van der Waals surface area (Å²) in [5.41, 5.74) is 0.873. The molecular weight excluding hydrogens is 311 g/mol. The van der Waals surface area contributed by atoms with Gasteiger partial charge in [0.1, 0.15) is 4.90 Å². The molecule has 0 unspecified atom stereocenters. The Kier molecular flexibility index (Phi) is 3.88. The average molecular weight is 319 g/mol. The molecule has 0 aromatic carbocycles. The third-order valence-corrected chi connectivity index (χ3v) is 4.04. The Labute approximate surface area is 119 Å². The van der Waals surface area contributed by atoms with Gasteiger partial charge >= 0.3 is 0 Å². The zero-order chi connectivity index (χ0) is 14.0. The van der Waals surface area contributed by atoms with E-state index in [1.54, 1.807) is 13.0 Å². The molecule has 2 aromatic rings. The van der Waals surface area contributed by atoms with E-state index in [1.807, 2.05) is 0 Å². The molecule has 0 atom stereocenters. The lowest BCUT2D eigenvalue weighted by Crippen LogP contribution is -2.15. The minimum Gasteiger partial charge on any atom is -0.276 e. The molecule has 2 rings (SSSR count). The Morgan fingerprint density at radius 2 is 1.79 bits per heavy atom. The van der Waals surface area contributed by atoms with E-state index >= 15 is 0 Å². The number of nitrogens with one attached hydrogen (secondary N) is 1. The van der Waals surface area contributed by atoms with Crippen LogP contribution in [-0.4, -0.2) is 23.4 Å². The molecular formula is C10H8Cl2N4O2S. The third kappa shape index (κ3) is 3.12. The van der Waals surface area contributed by atoms with E-state index in [-0.39, 0.29) is 21.0 Å². The van der Waals surface area contributed by atoms with Crippen LogP contribution in [0.5, 0.6) is 0 Å². The normalized spacial score (nSPS) is 11.3. The average Bonchev–Trinajstić information content (AvgIpc) is 2.35. The number of aryl methyl sites for hydroxylation is 1. The smallest absolute Gasteiger partial charge is 0.265 e. The molecule has 0 fully saturated rings. The summed E-state index contributed by atoms with van der Waals surface area (Å²) in [5, 5.41) is 0.0352. The van der Waals surface area contributed by atoms with Crippen molar-refractivity contribution >= 4 is 38.9 Å². The summed E-state index contributed by atoms with van der Waals surface area (Å²) in [6.45, 7) is 1.71. The van der Waals surface area contributed by atoms with E-state index < -0.39 is 10.0 Å². The van der Waals surface area contributed by atoms with E-state index in [2.05, 4.69) is 19.7 Å². The van der Waals surface area contributed by atoms with Gasteiger partial charge in [0.15, 0.2) is 5.15 Å². The summed E-state index contributed by atoms with van der Waals surface area (Å²) in [5.74, 6) is 0. The molecule has 0 aliphatic carbocycles. The highest BCUT2D eigenvalue weighted by molar-refractivity contribution is 7.92. The van der Waals surface area contributed by atoms with Crippen LogP contribution in [0.3, 0.4) is 0 Å². The molecule has 2 aromatic heterocycles. The van der Waals surface area contributed by atoms with Crippen molar-refractivity contribution in [3.8, 4) is 0 Å². The van der Waals surface area contributed by atoms with Gasteiger partial charge in [0.2, 0.25) is 5.28 Å². The molecule has 9 heteroatoms. The first kappa shape index (κ1) is 14.0. The number of pyridine rings is 1. The molecule has 100 valence electrons. The Morgan fingerprint density at radius 1 is 1.16 bits per heavy atom. The maximum atomic E-state index is 12.1. The Balaban J connectivity index is 2.39. The molecule has 0 spiro atoms. The molecule has 6 nitrogen and oxygen atoms in total. The van der Waals surface area contributed by atoms with Gasteiger partial charge in [-0.2, -0.15) is 0 Å². The second-order valence-electron chi connectivity index (χ2n) is 3.59. The lowest BCUT2D eigenvalue weighted by molar-refractivity contribution is 0.600. The van der Waals surface area contributed by atoms with Gasteiger partial charge in [-0.1, -0.05) is 11.6 Å². The number of hydrogen-bond donors (Lipinski definition) is 1. The van der Waals surface area contributed by atoms with Gasteiger partial charge in [0, 0.05) is 6.20 Å². The highest BCUT2D eigenvalue weighted by atomic mass is 35.5. The van der Waals surface area contributed by atoms with E-state index in [0.717, 1.165) is 12.4 Å². The molecule has 0 amide bonds. The van der Waals surface area contributed by atoms with Crippen LogP contribution in [0.15, 0.2) is 29.6 Å². The van der Waals surface area contributed by atoms with Gasteiger partial charge < -0.3 is 0 Å². The van der Waals surface area contributed by atoms with Crippen molar-refractivity contribution in [3.63, 3.8) is 0 Å². The predicted octanol–water partition coefficient (Wildman–Crippen LogP) is 2.29. The van der Waals surface area contributed by atoms with Crippen LogP contribution in [-0.2, 0) is 10.0 Å². The fourth-order valence-corrected chi connectivity index (χ4v) is 2.71. The number of rotatable bonds is 3. The van der Waals surface area contributed by atoms with Crippen molar-refractivity contribution in [2.45, 2.75) is 11.8 Å². The zero-order valence-corrected chi connectivity index (χ0v) is 12.0. The second-order valence-corrected chi connectivity index (χ2v) is 5.97. The first-order valence-corrected chi connectivity index (χ1v) is 7.25. The molecule has 0 aliphatic rings. The van der Waals surface area contributed by atoms with Crippen LogP contribution in [0.4, 0.5) is 5.69 Å². The summed E-state index contributed by atoms with van der Waals surface area (Å²) in [7, 11) is -3.83. The molecule has 0 saturated heterocycles. The number of nitrogens with zero attached hydrogens (tertiary/aromatic N) is 3. The molecule has 0 radical (unpaired) electrons. The highest BCUT2D eigenvalue weighted by Gasteiger charge is 2.18. The highest BCUT2D eigenvalue weighted by Crippen LogP contribution is 2.25. The van der Waals surface area contributed by atoms with Crippen LogP contribution < -0.4 is 4.72 Å². The van der Waals surface area contributed by atoms with Crippen molar-refractivity contribution < 1.29 is 8.42 Å². The summed E-state index contributed by atoms with van der Waals surface area (Å²) in [4.78, 5) is 10.9. The Hall–Kier alpha value is -1.44. The molecule has 0 aliphatic heterocycles. The van der Waals surface area contributed by atoms with Gasteiger partial charge in [-0.15, -0.1) is 0 Å². The number of hydrogen-bond acceptors (Lipinski definition) is 5. The zero-order valence-electron chi connectivity index (χ0n) is 9.63. The summed E-state index contributed by atoms with van der Waals surface area (Å²) in [6.07, 6.45) is 3.70. The maximum absolute atomic E-state index is 12.1. The number of aromatic nitrogens is 3. The topological polar surface area (TPSA) is 84.8 Å². The van der Waals surface area contributed by atoms with Crippen molar-refractivity contribution in [3.05, 3.63) is 40.7 Å². The van der Waals surface area contributed by atoms with E-state index in [4.69, 9.17) is 23.2 Å². The summed E-state index contributed by atoms with van der Waals surface area (Å²) >= 11 is 11.4. The van der Waals surface area contributed by atoms with E-state index in [1.165, 1.54) is 6.20 Å². The number of anilines is 1. The molecule has 0 saturated carbocycles.